The van der Waals surface area contributed by atoms with Gasteiger partial charge in [0.25, 0.3) is 0 Å². The molecule has 0 amide bonds. The molecule has 0 fully saturated rings. The van der Waals surface area contributed by atoms with Gasteiger partial charge in [-0.25, -0.2) is 0 Å². The summed E-state index contributed by atoms with van der Waals surface area (Å²) in [5.74, 6) is 0.927. The van der Waals surface area contributed by atoms with Gasteiger partial charge in [-0.1, -0.05) is 12.1 Å². The predicted molar refractivity (Wildman–Crippen MR) is 61.7 cm³/mol. The number of furan rings is 1. The fourth-order valence-corrected chi connectivity index (χ4v) is 1.60. The van der Waals surface area contributed by atoms with Crippen molar-refractivity contribution in [3.8, 4) is 11.3 Å². The fraction of sp³-hybridized carbons (Fsp3) is 0.231. The van der Waals surface area contributed by atoms with Gasteiger partial charge in [0.1, 0.15) is 11.5 Å². The van der Waals surface area contributed by atoms with Crippen molar-refractivity contribution in [3.05, 3.63) is 47.7 Å². The first-order valence-corrected chi connectivity index (χ1v) is 5.41. The second kappa shape index (κ2) is 4.49. The van der Waals surface area contributed by atoms with Crippen LogP contribution in [-0.2, 0) is 6.18 Å². The first-order valence-electron chi connectivity index (χ1n) is 5.41. The molecule has 2 aromatic rings. The van der Waals surface area contributed by atoms with Crippen molar-refractivity contribution >= 4 is 0 Å². The largest absolute Gasteiger partial charge is 0.459 e. The van der Waals surface area contributed by atoms with Gasteiger partial charge >= 0.3 is 6.18 Å². The predicted octanol–water partition coefficient (Wildman–Crippen LogP) is 3.99. The Kier molecular flexibility index (Phi) is 3.17. The third-order valence-electron chi connectivity index (χ3n) is 2.55. The highest BCUT2D eigenvalue weighted by Gasteiger charge is 2.30. The van der Waals surface area contributed by atoms with Gasteiger partial charge in [0.15, 0.2) is 0 Å². The third-order valence-corrected chi connectivity index (χ3v) is 2.55. The smallest absolute Gasteiger partial charge is 0.416 e. The van der Waals surface area contributed by atoms with E-state index >= 15 is 0 Å². The first-order chi connectivity index (χ1) is 8.38. The minimum absolute atomic E-state index is 0.287. The maximum absolute atomic E-state index is 12.6. The normalized spacial score (nSPS) is 13.6. The van der Waals surface area contributed by atoms with Crippen LogP contribution in [0.3, 0.4) is 0 Å². The molecule has 1 heterocycles. The van der Waals surface area contributed by atoms with Gasteiger partial charge in [-0.05, 0) is 31.2 Å². The fourth-order valence-electron chi connectivity index (χ4n) is 1.60. The highest BCUT2D eigenvalue weighted by molar-refractivity contribution is 5.59. The zero-order valence-corrected chi connectivity index (χ0v) is 9.66. The number of halogens is 3. The van der Waals surface area contributed by atoms with Crippen molar-refractivity contribution in [2.24, 2.45) is 5.73 Å². The summed E-state index contributed by atoms with van der Waals surface area (Å²) >= 11 is 0. The molecule has 0 aliphatic heterocycles. The Morgan fingerprint density at radius 3 is 2.44 bits per heavy atom. The lowest BCUT2D eigenvalue weighted by atomic mass is 10.1. The standard InChI is InChI=1S/C13H12F3NO/c1-8(17)11-5-6-12(18-11)9-3-2-4-10(7-9)13(14,15)16/h2-8H,17H2,1H3. The van der Waals surface area contributed by atoms with E-state index in [-0.39, 0.29) is 6.04 Å². The zero-order chi connectivity index (χ0) is 13.3. The maximum atomic E-state index is 12.6. The zero-order valence-electron chi connectivity index (χ0n) is 9.66. The SMILES string of the molecule is CC(N)c1ccc(-c2cccc(C(F)(F)F)c2)o1. The molecular formula is C13H12F3NO. The Hall–Kier alpha value is -1.75. The topological polar surface area (TPSA) is 39.2 Å². The Morgan fingerprint density at radius 1 is 1.17 bits per heavy atom. The molecule has 96 valence electrons. The van der Waals surface area contributed by atoms with E-state index in [4.69, 9.17) is 10.2 Å². The second-order valence-electron chi connectivity index (χ2n) is 4.07. The molecule has 0 bridgehead atoms. The molecule has 0 spiro atoms. The van der Waals surface area contributed by atoms with Crippen molar-refractivity contribution in [3.63, 3.8) is 0 Å². The average Bonchev–Trinajstić information content (AvgIpc) is 2.77. The van der Waals surface area contributed by atoms with Crippen LogP contribution in [-0.4, -0.2) is 0 Å². The van der Waals surface area contributed by atoms with E-state index in [9.17, 15) is 13.2 Å². The molecule has 1 aromatic carbocycles. The number of alkyl halides is 3. The van der Waals surface area contributed by atoms with Gasteiger partial charge in [0, 0.05) is 5.56 Å². The van der Waals surface area contributed by atoms with Crippen LogP contribution in [0.5, 0.6) is 0 Å². The van der Waals surface area contributed by atoms with Gasteiger partial charge in [0.2, 0.25) is 0 Å². The molecule has 0 aliphatic carbocycles. The lowest BCUT2D eigenvalue weighted by molar-refractivity contribution is -0.137. The van der Waals surface area contributed by atoms with Crippen molar-refractivity contribution in [2.75, 3.05) is 0 Å². The van der Waals surface area contributed by atoms with Crippen LogP contribution in [0.15, 0.2) is 40.8 Å². The Morgan fingerprint density at radius 2 is 1.89 bits per heavy atom. The molecular weight excluding hydrogens is 243 g/mol. The van der Waals surface area contributed by atoms with Crippen LogP contribution >= 0.6 is 0 Å². The summed E-state index contributed by atoms with van der Waals surface area (Å²) in [7, 11) is 0. The van der Waals surface area contributed by atoms with Crippen LogP contribution in [0, 0.1) is 0 Å². The van der Waals surface area contributed by atoms with Crippen LogP contribution < -0.4 is 5.73 Å². The Bertz CT molecular complexity index is 543. The van der Waals surface area contributed by atoms with E-state index < -0.39 is 11.7 Å². The van der Waals surface area contributed by atoms with Crippen LogP contribution in [0.25, 0.3) is 11.3 Å². The molecule has 0 saturated carbocycles. The van der Waals surface area contributed by atoms with Gasteiger partial charge in [-0.3, -0.25) is 0 Å². The quantitative estimate of drug-likeness (QED) is 0.881. The lowest BCUT2D eigenvalue weighted by Crippen LogP contribution is -2.04. The molecule has 1 unspecified atom stereocenters. The molecule has 1 atom stereocenters. The number of hydrogen-bond acceptors (Lipinski definition) is 2. The second-order valence-corrected chi connectivity index (χ2v) is 4.07. The van der Waals surface area contributed by atoms with Gasteiger partial charge < -0.3 is 10.2 Å². The molecule has 2 N–H and O–H groups in total. The summed E-state index contributed by atoms with van der Waals surface area (Å²) in [5, 5.41) is 0. The molecule has 2 rings (SSSR count). The third kappa shape index (κ3) is 2.56. The van der Waals surface area contributed by atoms with Crippen LogP contribution in [0.4, 0.5) is 13.2 Å². The molecule has 0 aliphatic rings. The molecule has 18 heavy (non-hydrogen) atoms. The van der Waals surface area contributed by atoms with E-state index in [1.807, 2.05) is 0 Å². The number of nitrogens with two attached hydrogens (primary N) is 1. The summed E-state index contributed by atoms with van der Waals surface area (Å²) in [6.07, 6.45) is -4.35. The van der Waals surface area contributed by atoms with Crippen molar-refractivity contribution in [1.29, 1.82) is 0 Å². The van der Waals surface area contributed by atoms with E-state index in [2.05, 4.69) is 0 Å². The molecule has 5 heteroatoms. The molecule has 0 radical (unpaired) electrons. The summed E-state index contributed by atoms with van der Waals surface area (Å²) < 4.78 is 43.1. The first kappa shape index (κ1) is 12.7. The summed E-state index contributed by atoms with van der Waals surface area (Å²) in [6, 6.07) is 8.01. The van der Waals surface area contributed by atoms with E-state index in [0.29, 0.717) is 17.1 Å². The van der Waals surface area contributed by atoms with Crippen molar-refractivity contribution in [2.45, 2.75) is 19.1 Å². The number of hydrogen-bond donors (Lipinski definition) is 1. The van der Waals surface area contributed by atoms with E-state index in [0.717, 1.165) is 12.1 Å². The summed E-state index contributed by atoms with van der Waals surface area (Å²) in [5.41, 5.74) is 5.32. The molecule has 1 aromatic heterocycles. The summed E-state index contributed by atoms with van der Waals surface area (Å²) in [4.78, 5) is 0. The summed E-state index contributed by atoms with van der Waals surface area (Å²) in [6.45, 7) is 1.74. The van der Waals surface area contributed by atoms with Crippen molar-refractivity contribution in [1.82, 2.24) is 0 Å². The average molecular weight is 255 g/mol. The highest BCUT2D eigenvalue weighted by Crippen LogP contribution is 2.33. The van der Waals surface area contributed by atoms with E-state index in [1.165, 1.54) is 6.07 Å². The van der Waals surface area contributed by atoms with Gasteiger partial charge in [-0.15, -0.1) is 0 Å². The Balaban J connectivity index is 2.38. The minimum atomic E-state index is -4.35. The molecule has 2 nitrogen and oxygen atoms in total. The minimum Gasteiger partial charge on any atom is -0.459 e. The number of benzene rings is 1. The monoisotopic (exact) mass is 255 g/mol. The van der Waals surface area contributed by atoms with Crippen LogP contribution in [0.2, 0.25) is 0 Å². The van der Waals surface area contributed by atoms with E-state index in [1.54, 1.807) is 25.1 Å². The number of rotatable bonds is 2. The van der Waals surface area contributed by atoms with Gasteiger partial charge in [-0.2, -0.15) is 13.2 Å². The highest BCUT2D eigenvalue weighted by atomic mass is 19.4. The maximum Gasteiger partial charge on any atom is 0.416 e. The molecule has 0 saturated heterocycles. The Labute approximate surface area is 102 Å². The van der Waals surface area contributed by atoms with Gasteiger partial charge in [0.05, 0.1) is 11.6 Å². The van der Waals surface area contributed by atoms with Crippen LogP contribution in [0.1, 0.15) is 24.3 Å². The van der Waals surface area contributed by atoms with Crippen molar-refractivity contribution < 1.29 is 17.6 Å². The lowest BCUT2D eigenvalue weighted by Gasteiger charge is -2.07.